The Morgan fingerprint density at radius 3 is 2.86 bits per heavy atom. The summed E-state index contributed by atoms with van der Waals surface area (Å²) >= 11 is 0. The van der Waals surface area contributed by atoms with E-state index >= 15 is 0 Å². The van der Waals surface area contributed by atoms with Crippen molar-refractivity contribution in [2.45, 2.75) is 20.4 Å². The second kappa shape index (κ2) is 5.29. The summed E-state index contributed by atoms with van der Waals surface area (Å²) < 4.78 is 6.83. The van der Waals surface area contributed by atoms with Crippen LogP contribution in [0.2, 0.25) is 0 Å². The molecule has 0 saturated heterocycles. The zero-order chi connectivity index (χ0) is 15.9. The van der Waals surface area contributed by atoms with E-state index in [4.69, 9.17) is 10.5 Å². The molecule has 3 aromatic rings. The van der Waals surface area contributed by atoms with Crippen LogP contribution in [0.3, 0.4) is 0 Å². The van der Waals surface area contributed by atoms with Crippen LogP contribution in [-0.4, -0.2) is 27.6 Å². The number of nitrogens with two attached hydrogens (primary N) is 1. The zero-order valence-electron chi connectivity index (χ0n) is 12.8. The number of hydrogen-bond acceptors (Lipinski definition) is 5. The van der Waals surface area contributed by atoms with Crippen molar-refractivity contribution in [3.8, 4) is 0 Å². The van der Waals surface area contributed by atoms with Crippen molar-refractivity contribution >= 4 is 33.7 Å². The molecule has 0 spiro atoms. The minimum Gasteiger partial charge on any atom is -0.465 e. The van der Waals surface area contributed by atoms with Crippen LogP contribution in [0.4, 0.5) is 5.82 Å². The summed E-state index contributed by atoms with van der Waals surface area (Å²) in [5, 5.41) is 0.926. The van der Waals surface area contributed by atoms with Crippen molar-refractivity contribution in [3.63, 3.8) is 0 Å². The SMILES string of the molecule is COC(=O)c1ccc2c(c1)nc(N)c1ncn(CC(C)C)c12. The summed E-state index contributed by atoms with van der Waals surface area (Å²) in [6, 6.07) is 5.30. The van der Waals surface area contributed by atoms with Gasteiger partial charge in [0.1, 0.15) is 5.52 Å². The Balaban J connectivity index is 2.29. The summed E-state index contributed by atoms with van der Waals surface area (Å²) in [4.78, 5) is 20.4. The first-order valence-corrected chi connectivity index (χ1v) is 7.13. The molecular formula is C16H18N4O2. The number of rotatable bonds is 3. The first-order valence-electron chi connectivity index (χ1n) is 7.13. The molecule has 2 N–H and O–H groups in total. The number of nitrogen functional groups attached to an aromatic ring is 1. The maximum Gasteiger partial charge on any atom is 0.337 e. The normalized spacial score (nSPS) is 11.5. The van der Waals surface area contributed by atoms with Crippen molar-refractivity contribution in [2.24, 2.45) is 5.92 Å². The van der Waals surface area contributed by atoms with Gasteiger partial charge in [-0.2, -0.15) is 0 Å². The van der Waals surface area contributed by atoms with Gasteiger partial charge in [-0.05, 0) is 24.1 Å². The number of carbonyl (C=O) groups excluding carboxylic acids is 1. The Morgan fingerprint density at radius 2 is 2.18 bits per heavy atom. The lowest BCUT2D eigenvalue weighted by Crippen LogP contribution is -2.05. The van der Waals surface area contributed by atoms with E-state index in [0.717, 1.165) is 17.4 Å². The van der Waals surface area contributed by atoms with E-state index in [-0.39, 0.29) is 0 Å². The van der Waals surface area contributed by atoms with Crippen molar-refractivity contribution < 1.29 is 9.53 Å². The van der Waals surface area contributed by atoms with E-state index in [1.807, 2.05) is 6.07 Å². The first-order chi connectivity index (χ1) is 10.5. The molecule has 3 rings (SSSR count). The van der Waals surface area contributed by atoms with Gasteiger partial charge >= 0.3 is 5.97 Å². The number of pyridine rings is 1. The maximum absolute atomic E-state index is 11.7. The first kappa shape index (κ1) is 14.3. The van der Waals surface area contributed by atoms with Crippen LogP contribution in [0.5, 0.6) is 0 Å². The van der Waals surface area contributed by atoms with Gasteiger partial charge in [-0.1, -0.05) is 13.8 Å². The molecule has 6 heteroatoms. The van der Waals surface area contributed by atoms with Crippen molar-refractivity contribution in [1.29, 1.82) is 0 Å². The minimum atomic E-state index is -0.391. The van der Waals surface area contributed by atoms with Gasteiger partial charge < -0.3 is 15.0 Å². The minimum absolute atomic E-state index is 0.368. The van der Waals surface area contributed by atoms with Crippen LogP contribution < -0.4 is 5.73 Å². The fourth-order valence-electron chi connectivity index (χ4n) is 2.64. The maximum atomic E-state index is 11.7. The summed E-state index contributed by atoms with van der Waals surface area (Å²) in [5.41, 5.74) is 8.79. The molecule has 0 unspecified atom stereocenters. The molecule has 0 atom stereocenters. The van der Waals surface area contributed by atoms with Gasteiger partial charge in [0.15, 0.2) is 5.82 Å². The Bertz CT molecular complexity index is 867. The molecule has 2 aromatic heterocycles. The molecule has 2 heterocycles. The highest BCUT2D eigenvalue weighted by Crippen LogP contribution is 2.28. The molecule has 0 aliphatic carbocycles. The molecule has 22 heavy (non-hydrogen) atoms. The lowest BCUT2D eigenvalue weighted by molar-refractivity contribution is 0.0601. The fourth-order valence-corrected chi connectivity index (χ4v) is 2.64. The quantitative estimate of drug-likeness (QED) is 0.751. The summed E-state index contributed by atoms with van der Waals surface area (Å²) in [5.74, 6) is 0.460. The lowest BCUT2D eigenvalue weighted by atomic mass is 10.1. The molecule has 0 radical (unpaired) electrons. The number of methoxy groups -OCH3 is 1. The molecule has 0 bridgehead atoms. The number of carbonyl (C=O) groups is 1. The van der Waals surface area contributed by atoms with E-state index in [1.165, 1.54) is 7.11 Å². The standard InChI is InChI=1S/C16H18N4O2/c1-9(2)7-20-8-18-13-14(20)11-5-4-10(16(21)22-3)6-12(11)19-15(13)17/h4-6,8-9H,7H2,1-3H3,(H2,17,19). The van der Waals surface area contributed by atoms with Crippen molar-refractivity contribution in [2.75, 3.05) is 12.8 Å². The molecule has 0 amide bonds. The van der Waals surface area contributed by atoms with Gasteiger partial charge in [0.05, 0.1) is 30.0 Å². The number of hydrogen-bond donors (Lipinski definition) is 1. The van der Waals surface area contributed by atoms with Crippen LogP contribution in [0.25, 0.3) is 21.9 Å². The predicted molar refractivity (Wildman–Crippen MR) is 85.6 cm³/mol. The van der Waals surface area contributed by atoms with Gasteiger partial charge in [0.2, 0.25) is 0 Å². The lowest BCUT2D eigenvalue weighted by Gasteiger charge is -2.10. The molecular weight excluding hydrogens is 280 g/mol. The highest BCUT2D eigenvalue weighted by atomic mass is 16.5. The van der Waals surface area contributed by atoms with Crippen LogP contribution in [-0.2, 0) is 11.3 Å². The molecule has 6 nitrogen and oxygen atoms in total. The summed E-state index contributed by atoms with van der Waals surface area (Å²) in [6.07, 6.45) is 1.79. The van der Waals surface area contributed by atoms with Gasteiger partial charge in [-0.25, -0.2) is 14.8 Å². The topological polar surface area (TPSA) is 83.0 Å². The Hall–Kier alpha value is -2.63. The smallest absolute Gasteiger partial charge is 0.337 e. The van der Waals surface area contributed by atoms with Crippen LogP contribution >= 0.6 is 0 Å². The Kier molecular flexibility index (Phi) is 3.44. The Morgan fingerprint density at radius 1 is 1.41 bits per heavy atom. The van der Waals surface area contributed by atoms with E-state index in [1.54, 1.807) is 18.5 Å². The van der Waals surface area contributed by atoms with Gasteiger partial charge in [-0.3, -0.25) is 0 Å². The number of anilines is 1. The highest BCUT2D eigenvalue weighted by molar-refractivity contribution is 6.08. The largest absolute Gasteiger partial charge is 0.465 e. The van der Waals surface area contributed by atoms with Gasteiger partial charge in [0.25, 0.3) is 0 Å². The number of aromatic nitrogens is 3. The fraction of sp³-hybridized carbons (Fsp3) is 0.312. The molecule has 0 fully saturated rings. The number of nitrogens with zero attached hydrogens (tertiary/aromatic N) is 3. The number of esters is 1. The third-order valence-electron chi connectivity index (χ3n) is 3.56. The highest BCUT2D eigenvalue weighted by Gasteiger charge is 2.15. The van der Waals surface area contributed by atoms with Crippen molar-refractivity contribution in [1.82, 2.24) is 14.5 Å². The van der Waals surface area contributed by atoms with Crippen LogP contribution in [0.1, 0.15) is 24.2 Å². The number of ether oxygens (including phenoxy) is 1. The number of fused-ring (bicyclic) bond motifs is 3. The molecule has 114 valence electrons. The third kappa shape index (κ3) is 2.26. The summed E-state index contributed by atoms with van der Waals surface area (Å²) in [7, 11) is 1.36. The third-order valence-corrected chi connectivity index (χ3v) is 3.56. The molecule has 0 aliphatic rings. The molecule has 0 saturated carbocycles. The van der Waals surface area contributed by atoms with E-state index in [0.29, 0.717) is 28.3 Å². The average molecular weight is 298 g/mol. The Labute approximate surface area is 127 Å². The zero-order valence-corrected chi connectivity index (χ0v) is 12.8. The predicted octanol–water partition coefficient (Wildman–Crippen LogP) is 2.61. The number of benzene rings is 1. The van der Waals surface area contributed by atoms with Gasteiger partial charge in [0, 0.05) is 11.9 Å². The monoisotopic (exact) mass is 298 g/mol. The molecule has 1 aromatic carbocycles. The second-order valence-corrected chi connectivity index (χ2v) is 5.71. The average Bonchev–Trinajstić information content (AvgIpc) is 2.90. The second-order valence-electron chi connectivity index (χ2n) is 5.71. The number of imidazole rings is 1. The van der Waals surface area contributed by atoms with Gasteiger partial charge in [-0.15, -0.1) is 0 Å². The van der Waals surface area contributed by atoms with Crippen LogP contribution in [0, 0.1) is 5.92 Å². The van der Waals surface area contributed by atoms with Crippen LogP contribution in [0.15, 0.2) is 24.5 Å². The van der Waals surface area contributed by atoms with E-state index in [2.05, 4.69) is 28.4 Å². The van der Waals surface area contributed by atoms with E-state index in [9.17, 15) is 4.79 Å². The summed E-state index contributed by atoms with van der Waals surface area (Å²) in [6.45, 7) is 5.13. The van der Waals surface area contributed by atoms with Crippen molar-refractivity contribution in [3.05, 3.63) is 30.1 Å². The molecule has 0 aliphatic heterocycles. The van der Waals surface area contributed by atoms with E-state index < -0.39 is 5.97 Å².